The third-order valence-corrected chi connectivity index (χ3v) is 4.07. The Morgan fingerprint density at radius 2 is 1.87 bits per heavy atom. The lowest BCUT2D eigenvalue weighted by Crippen LogP contribution is -2.19. The van der Waals surface area contributed by atoms with E-state index in [9.17, 15) is 9.59 Å². The van der Waals surface area contributed by atoms with Crippen molar-refractivity contribution in [2.45, 2.75) is 51.6 Å². The number of Topliss-reactive ketones (excluding diaryl/α,β-unsaturated/α-hetero) is 1. The highest BCUT2D eigenvalue weighted by Gasteiger charge is 2.22. The maximum Gasteiger partial charge on any atom is 0.310 e. The van der Waals surface area contributed by atoms with Crippen LogP contribution in [0.1, 0.15) is 54.9 Å². The number of hydrogen-bond acceptors (Lipinski definition) is 5. The molecule has 0 saturated heterocycles. The molecular weight excluding hydrogens is 296 g/mol. The van der Waals surface area contributed by atoms with Gasteiger partial charge in [-0.2, -0.15) is 0 Å². The average Bonchev–Trinajstić information content (AvgIpc) is 2.52. The first-order valence-corrected chi connectivity index (χ1v) is 8.02. The molecule has 0 unspecified atom stereocenters. The summed E-state index contributed by atoms with van der Waals surface area (Å²) in [6.07, 6.45) is 3.95. The van der Waals surface area contributed by atoms with Crippen LogP contribution in [-0.2, 0) is 16.0 Å². The minimum absolute atomic E-state index is 0.000856. The number of methoxy groups -OCH3 is 2. The van der Waals surface area contributed by atoms with Crippen molar-refractivity contribution in [2.75, 3.05) is 14.2 Å². The molecule has 0 aromatic heterocycles. The van der Waals surface area contributed by atoms with Gasteiger partial charge in [-0.05, 0) is 37.8 Å². The number of benzene rings is 1. The van der Waals surface area contributed by atoms with Crippen LogP contribution in [0, 0.1) is 0 Å². The van der Waals surface area contributed by atoms with Crippen LogP contribution in [-0.4, -0.2) is 32.1 Å². The highest BCUT2D eigenvalue weighted by atomic mass is 16.5. The van der Waals surface area contributed by atoms with Gasteiger partial charge in [0.2, 0.25) is 0 Å². The van der Waals surface area contributed by atoms with E-state index in [0.29, 0.717) is 29.0 Å². The predicted molar refractivity (Wildman–Crippen MR) is 86.2 cm³/mol. The van der Waals surface area contributed by atoms with Crippen LogP contribution < -0.4 is 9.47 Å². The summed E-state index contributed by atoms with van der Waals surface area (Å²) in [7, 11) is 3.05. The van der Waals surface area contributed by atoms with E-state index in [-0.39, 0.29) is 24.3 Å². The normalized spacial score (nSPS) is 19.9. The number of esters is 1. The van der Waals surface area contributed by atoms with Crippen molar-refractivity contribution < 1.29 is 23.8 Å². The third kappa shape index (κ3) is 4.47. The number of cyclic esters (lactones) is 1. The van der Waals surface area contributed by atoms with Gasteiger partial charge < -0.3 is 14.2 Å². The summed E-state index contributed by atoms with van der Waals surface area (Å²) in [5, 5.41) is 0. The van der Waals surface area contributed by atoms with Gasteiger partial charge in [-0.25, -0.2) is 0 Å². The Balaban J connectivity index is 2.43. The molecule has 1 aromatic carbocycles. The van der Waals surface area contributed by atoms with E-state index in [1.54, 1.807) is 19.2 Å². The Kier molecular flexibility index (Phi) is 6.02. The molecule has 0 saturated carbocycles. The number of ether oxygens (including phenoxy) is 3. The lowest BCUT2D eigenvalue weighted by Gasteiger charge is -2.18. The van der Waals surface area contributed by atoms with Crippen molar-refractivity contribution in [1.82, 2.24) is 0 Å². The molecule has 1 aromatic rings. The van der Waals surface area contributed by atoms with Gasteiger partial charge >= 0.3 is 5.97 Å². The van der Waals surface area contributed by atoms with Gasteiger partial charge in [0.1, 0.15) is 11.5 Å². The standard InChI is InChI=1S/C18H24O5/c1-12-7-5-4-6-8-15(19)18-13(10-17(20)23-12)9-14(21-2)11-16(18)22-3/h9,11-12H,4-8,10H2,1-3H3/t12-/m0/s1. The second kappa shape index (κ2) is 7.99. The van der Waals surface area contributed by atoms with Crippen LogP contribution in [0.25, 0.3) is 0 Å². The summed E-state index contributed by atoms with van der Waals surface area (Å²) in [4.78, 5) is 24.8. The summed E-state index contributed by atoms with van der Waals surface area (Å²) in [5.41, 5.74) is 1.07. The minimum atomic E-state index is -0.331. The van der Waals surface area contributed by atoms with Crippen LogP contribution >= 0.6 is 0 Å². The van der Waals surface area contributed by atoms with Crippen LogP contribution in [0.15, 0.2) is 12.1 Å². The zero-order chi connectivity index (χ0) is 16.8. The molecule has 5 heteroatoms. The van der Waals surface area contributed by atoms with E-state index in [1.807, 2.05) is 6.92 Å². The van der Waals surface area contributed by atoms with Crippen molar-refractivity contribution in [3.05, 3.63) is 23.3 Å². The minimum Gasteiger partial charge on any atom is -0.497 e. The SMILES string of the molecule is COc1cc2c(c(OC)c1)C(=O)CCCCC[C@H](C)OC(=O)C2. The van der Waals surface area contributed by atoms with Crippen LogP contribution in [0.2, 0.25) is 0 Å². The van der Waals surface area contributed by atoms with Gasteiger partial charge in [-0.3, -0.25) is 9.59 Å². The molecule has 126 valence electrons. The van der Waals surface area contributed by atoms with Crippen molar-refractivity contribution in [3.8, 4) is 11.5 Å². The first-order valence-electron chi connectivity index (χ1n) is 8.02. The Hall–Kier alpha value is -2.04. The monoisotopic (exact) mass is 320 g/mol. The summed E-state index contributed by atoms with van der Waals surface area (Å²) >= 11 is 0. The average molecular weight is 320 g/mol. The number of fused-ring (bicyclic) bond motifs is 1. The van der Waals surface area contributed by atoms with Crippen LogP contribution in [0.3, 0.4) is 0 Å². The molecule has 1 heterocycles. The summed E-state index contributed by atoms with van der Waals surface area (Å²) in [5.74, 6) is 0.673. The third-order valence-electron chi connectivity index (χ3n) is 4.07. The molecule has 1 atom stereocenters. The Labute approximate surface area is 136 Å². The molecule has 0 spiro atoms. The van der Waals surface area contributed by atoms with Gasteiger partial charge in [-0.1, -0.05) is 6.42 Å². The van der Waals surface area contributed by atoms with Crippen molar-refractivity contribution in [2.24, 2.45) is 0 Å². The van der Waals surface area contributed by atoms with Gasteiger partial charge in [0.25, 0.3) is 0 Å². The van der Waals surface area contributed by atoms with Gasteiger partial charge in [0, 0.05) is 12.5 Å². The number of ketones is 1. The first kappa shape index (κ1) is 17.3. The Morgan fingerprint density at radius 1 is 1.09 bits per heavy atom. The molecule has 1 aliphatic rings. The van der Waals surface area contributed by atoms with Crippen LogP contribution in [0.4, 0.5) is 0 Å². The molecule has 0 aliphatic carbocycles. The molecular formula is C18H24O5. The lowest BCUT2D eigenvalue weighted by molar-refractivity contribution is -0.147. The molecule has 0 bridgehead atoms. The second-order valence-corrected chi connectivity index (χ2v) is 5.86. The van der Waals surface area contributed by atoms with Gasteiger partial charge in [0.15, 0.2) is 5.78 Å². The maximum absolute atomic E-state index is 12.6. The highest BCUT2D eigenvalue weighted by molar-refractivity contribution is 6.01. The zero-order valence-electron chi connectivity index (χ0n) is 14.0. The first-order chi connectivity index (χ1) is 11.0. The Morgan fingerprint density at radius 3 is 2.57 bits per heavy atom. The summed E-state index contributed by atoms with van der Waals surface area (Å²) in [6, 6.07) is 3.39. The number of hydrogen-bond donors (Lipinski definition) is 0. The molecule has 2 rings (SSSR count). The number of rotatable bonds is 2. The largest absolute Gasteiger partial charge is 0.497 e. The van der Waals surface area contributed by atoms with E-state index >= 15 is 0 Å². The molecule has 23 heavy (non-hydrogen) atoms. The summed E-state index contributed by atoms with van der Waals surface area (Å²) in [6.45, 7) is 1.90. The quantitative estimate of drug-likeness (QED) is 0.782. The van der Waals surface area contributed by atoms with Crippen molar-refractivity contribution >= 4 is 11.8 Å². The summed E-state index contributed by atoms with van der Waals surface area (Å²) < 4.78 is 16.0. The number of carbonyl (C=O) groups is 2. The Bertz CT molecular complexity index is 579. The topological polar surface area (TPSA) is 61.8 Å². The van der Waals surface area contributed by atoms with Crippen LogP contribution in [0.5, 0.6) is 11.5 Å². The zero-order valence-corrected chi connectivity index (χ0v) is 14.0. The van der Waals surface area contributed by atoms with E-state index in [4.69, 9.17) is 14.2 Å². The highest BCUT2D eigenvalue weighted by Crippen LogP contribution is 2.31. The van der Waals surface area contributed by atoms with E-state index < -0.39 is 0 Å². The molecule has 5 nitrogen and oxygen atoms in total. The molecule has 1 aliphatic heterocycles. The molecule has 0 amide bonds. The fraction of sp³-hybridized carbons (Fsp3) is 0.556. The maximum atomic E-state index is 12.6. The second-order valence-electron chi connectivity index (χ2n) is 5.86. The molecule has 0 radical (unpaired) electrons. The molecule has 0 N–H and O–H groups in total. The van der Waals surface area contributed by atoms with Crippen molar-refractivity contribution in [1.29, 1.82) is 0 Å². The van der Waals surface area contributed by atoms with E-state index in [0.717, 1.165) is 25.7 Å². The fourth-order valence-electron chi connectivity index (χ4n) is 2.88. The van der Waals surface area contributed by atoms with Gasteiger partial charge in [0.05, 0.1) is 32.3 Å². The van der Waals surface area contributed by atoms with Gasteiger partial charge in [-0.15, -0.1) is 0 Å². The fourth-order valence-corrected chi connectivity index (χ4v) is 2.88. The number of carbonyl (C=O) groups excluding carboxylic acids is 2. The van der Waals surface area contributed by atoms with E-state index in [1.165, 1.54) is 7.11 Å². The predicted octanol–water partition coefficient (Wildman–Crippen LogP) is 3.32. The molecule has 0 fully saturated rings. The van der Waals surface area contributed by atoms with E-state index in [2.05, 4.69) is 0 Å². The lowest BCUT2D eigenvalue weighted by atomic mass is 9.95. The van der Waals surface area contributed by atoms with Crippen molar-refractivity contribution in [3.63, 3.8) is 0 Å². The smallest absolute Gasteiger partial charge is 0.310 e.